The molecule has 1 N–H and O–H groups in total. The zero-order valence-corrected chi connectivity index (χ0v) is 9.96. The molecular weight excluding hydrogens is 245 g/mol. The highest BCUT2D eigenvalue weighted by Gasteiger charge is 2.20. The van der Waals surface area contributed by atoms with Gasteiger partial charge in [0.15, 0.2) is 0 Å². The highest BCUT2D eigenvalue weighted by Crippen LogP contribution is 2.30. The third-order valence-electron chi connectivity index (χ3n) is 2.62. The van der Waals surface area contributed by atoms with Gasteiger partial charge in [-0.2, -0.15) is 0 Å². The van der Waals surface area contributed by atoms with Gasteiger partial charge in [0.2, 0.25) is 0 Å². The minimum Gasteiger partial charge on any atom is -0.478 e. The molecule has 0 saturated carbocycles. The number of hydrogen-bond acceptors (Lipinski definition) is 1. The van der Waals surface area contributed by atoms with Crippen molar-refractivity contribution in [2.45, 2.75) is 19.9 Å². The molecule has 17 heavy (non-hydrogen) atoms. The first-order chi connectivity index (χ1) is 8.06. The molecule has 0 unspecified atom stereocenters. The summed E-state index contributed by atoms with van der Waals surface area (Å²) in [5.74, 6) is -1.61. The van der Waals surface area contributed by atoms with Crippen LogP contribution < -0.4 is 0 Å². The lowest BCUT2D eigenvalue weighted by molar-refractivity contribution is 0.0699. The van der Waals surface area contributed by atoms with Gasteiger partial charge in [0.05, 0.1) is 5.52 Å². The van der Waals surface area contributed by atoms with Crippen LogP contribution in [0.2, 0.25) is 5.15 Å². The molecule has 0 amide bonds. The number of rotatable bonds is 3. The first-order valence-corrected chi connectivity index (χ1v) is 5.64. The van der Waals surface area contributed by atoms with Crippen LogP contribution in [-0.2, 0) is 6.54 Å². The van der Waals surface area contributed by atoms with Gasteiger partial charge in [0, 0.05) is 11.9 Å². The van der Waals surface area contributed by atoms with Gasteiger partial charge in [0.25, 0.3) is 0 Å². The van der Waals surface area contributed by atoms with E-state index in [9.17, 15) is 9.18 Å². The van der Waals surface area contributed by atoms with Gasteiger partial charge >= 0.3 is 5.97 Å². The molecule has 1 heterocycles. The number of halogens is 2. The van der Waals surface area contributed by atoms with Crippen molar-refractivity contribution in [3.05, 3.63) is 34.7 Å². The second kappa shape index (κ2) is 4.37. The highest BCUT2D eigenvalue weighted by atomic mass is 35.5. The minimum absolute atomic E-state index is 0.0328. The van der Waals surface area contributed by atoms with E-state index in [0.717, 1.165) is 6.42 Å². The molecule has 0 bridgehead atoms. The number of aryl methyl sites for hydroxylation is 1. The number of carboxylic acid groups (broad SMARTS) is 1. The van der Waals surface area contributed by atoms with E-state index in [1.54, 1.807) is 10.6 Å². The van der Waals surface area contributed by atoms with Crippen LogP contribution in [0.15, 0.2) is 18.2 Å². The molecule has 1 aromatic heterocycles. The number of benzene rings is 1. The van der Waals surface area contributed by atoms with Crippen molar-refractivity contribution in [3.8, 4) is 0 Å². The van der Waals surface area contributed by atoms with Crippen molar-refractivity contribution in [1.29, 1.82) is 0 Å². The lowest BCUT2D eigenvalue weighted by Crippen LogP contribution is -1.99. The van der Waals surface area contributed by atoms with Crippen molar-refractivity contribution in [2.24, 2.45) is 0 Å². The Morgan fingerprint density at radius 1 is 1.53 bits per heavy atom. The zero-order chi connectivity index (χ0) is 12.6. The fourth-order valence-electron chi connectivity index (χ4n) is 1.94. The second-order valence-corrected chi connectivity index (χ2v) is 4.14. The number of aromatic nitrogens is 1. The number of nitrogens with zero attached hydrogens (tertiary/aromatic N) is 1. The van der Waals surface area contributed by atoms with Gasteiger partial charge in [-0.3, -0.25) is 0 Å². The Morgan fingerprint density at radius 2 is 2.24 bits per heavy atom. The maximum atomic E-state index is 13.2. The molecule has 0 spiro atoms. The van der Waals surface area contributed by atoms with Crippen LogP contribution in [0.25, 0.3) is 10.9 Å². The fraction of sp³-hybridized carbons (Fsp3) is 0.250. The molecule has 0 aliphatic heterocycles. The Kier molecular flexibility index (Phi) is 3.07. The van der Waals surface area contributed by atoms with Gasteiger partial charge in [-0.05, 0) is 24.6 Å². The van der Waals surface area contributed by atoms with Crippen LogP contribution >= 0.6 is 11.6 Å². The number of hydrogen-bond donors (Lipinski definition) is 1. The van der Waals surface area contributed by atoms with Crippen LogP contribution in [0.1, 0.15) is 23.7 Å². The molecule has 0 atom stereocenters. The molecule has 0 fully saturated rings. The van der Waals surface area contributed by atoms with E-state index in [0.29, 0.717) is 17.4 Å². The lowest BCUT2D eigenvalue weighted by atomic mass is 10.2. The quantitative estimate of drug-likeness (QED) is 0.911. The average Bonchev–Trinajstić information content (AvgIpc) is 2.52. The van der Waals surface area contributed by atoms with E-state index < -0.39 is 11.8 Å². The summed E-state index contributed by atoms with van der Waals surface area (Å²) in [5.41, 5.74) is 0.616. The van der Waals surface area contributed by atoms with Crippen LogP contribution in [0, 0.1) is 5.82 Å². The van der Waals surface area contributed by atoms with E-state index in [4.69, 9.17) is 16.7 Å². The summed E-state index contributed by atoms with van der Waals surface area (Å²) in [6, 6.07) is 4.06. The van der Waals surface area contributed by atoms with Gasteiger partial charge in [-0.1, -0.05) is 18.5 Å². The lowest BCUT2D eigenvalue weighted by Gasteiger charge is -2.04. The standard InChI is InChI=1S/C12H11ClFNO2/c1-2-5-15-9-4-3-7(14)6-8(9)10(11(15)13)12(16)17/h3-4,6H,2,5H2,1H3,(H,16,17). The molecule has 0 aliphatic rings. The minimum atomic E-state index is -1.14. The van der Waals surface area contributed by atoms with Gasteiger partial charge in [0.1, 0.15) is 16.5 Å². The molecule has 0 saturated heterocycles. The summed E-state index contributed by atoms with van der Waals surface area (Å²) < 4.78 is 14.9. The maximum absolute atomic E-state index is 13.2. The summed E-state index contributed by atoms with van der Waals surface area (Å²) in [6.45, 7) is 2.57. The summed E-state index contributed by atoms with van der Waals surface area (Å²) in [5, 5.41) is 9.61. The highest BCUT2D eigenvalue weighted by molar-refractivity contribution is 6.35. The molecule has 0 aliphatic carbocycles. The molecule has 0 radical (unpaired) electrons. The summed E-state index contributed by atoms with van der Waals surface area (Å²) in [7, 11) is 0. The SMILES string of the molecule is CCCn1c(Cl)c(C(=O)O)c2cc(F)ccc21. The van der Waals surface area contributed by atoms with E-state index in [1.807, 2.05) is 6.92 Å². The molecule has 2 aromatic rings. The topological polar surface area (TPSA) is 42.2 Å². The van der Waals surface area contributed by atoms with Crippen LogP contribution in [0.4, 0.5) is 4.39 Å². The first kappa shape index (κ1) is 11.9. The molecule has 5 heteroatoms. The third-order valence-corrected chi connectivity index (χ3v) is 3.02. The van der Waals surface area contributed by atoms with Crippen LogP contribution in [0.3, 0.4) is 0 Å². The smallest absolute Gasteiger partial charge is 0.339 e. The Hall–Kier alpha value is -1.55. The monoisotopic (exact) mass is 255 g/mol. The Labute approximate surface area is 102 Å². The molecule has 90 valence electrons. The van der Waals surface area contributed by atoms with Crippen molar-refractivity contribution in [2.75, 3.05) is 0 Å². The van der Waals surface area contributed by atoms with E-state index in [-0.39, 0.29) is 10.7 Å². The summed E-state index contributed by atoms with van der Waals surface area (Å²) >= 11 is 6.04. The van der Waals surface area contributed by atoms with Gasteiger partial charge in [-0.25, -0.2) is 9.18 Å². The zero-order valence-electron chi connectivity index (χ0n) is 9.20. The van der Waals surface area contributed by atoms with E-state index >= 15 is 0 Å². The van der Waals surface area contributed by atoms with E-state index in [2.05, 4.69) is 0 Å². The third kappa shape index (κ3) is 1.89. The largest absolute Gasteiger partial charge is 0.478 e. The van der Waals surface area contributed by atoms with Crippen LogP contribution in [0.5, 0.6) is 0 Å². The van der Waals surface area contributed by atoms with Crippen LogP contribution in [-0.4, -0.2) is 15.6 Å². The predicted molar refractivity (Wildman–Crippen MR) is 64.2 cm³/mol. The summed E-state index contributed by atoms with van der Waals surface area (Å²) in [4.78, 5) is 11.1. The van der Waals surface area contributed by atoms with Gasteiger partial charge in [-0.15, -0.1) is 0 Å². The average molecular weight is 256 g/mol. The number of aromatic carboxylic acids is 1. The predicted octanol–water partition coefficient (Wildman–Crippen LogP) is 3.54. The van der Waals surface area contributed by atoms with Crippen molar-refractivity contribution in [3.63, 3.8) is 0 Å². The normalized spacial score (nSPS) is 11.0. The van der Waals surface area contributed by atoms with Gasteiger partial charge < -0.3 is 9.67 Å². The summed E-state index contributed by atoms with van der Waals surface area (Å²) in [6.07, 6.45) is 0.819. The molecule has 3 nitrogen and oxygen atoms in total. The number of carbonyl (C=O) groups is 1. The van der Waals surface area contributed by atoms with Crippen molar-refractivity contribution >= 4 is 28.5 Å². The van der Waals surface area contributed by atoms with Crippen molar-refractivity contribution in [1.82, 2.24) is 4.57 Å². The maximum Gasteiger partial charge on any atom is 0.339 e. The second-order valence-electron chi connectivity index (χ2n) is 3.78. The van der Waals surface area contributed by atoms with E-state index in [1.165, 1.54) is 12.1 Å². The molecule has 2 rings (SSSR count). The number of fused-ring (bicyclic) bond motifs is 1. The molecule has 1 aromatic carbocycles. The fourth-order valence-corrected chi connectivity index (χ4v) is 2.30. The number of carboxylic acids is 1. The first-order valence-electron chi connectivity index (χ1n) is 5.26. The Morgan fingerprint density at radius 3 is 2.82 bits per heavy atom. The Bertz CT molecular complexity index is 592. The van der Waals surface area contributed by atoms with Crippen molar-refractivity contribution < 1.29 is 14.3 Å². The Balaban J connectivity index is 2.83. The molecular formula is C12H11ClFNO2.